The number of hydrogen-bond donors (Lipinski definition) is 1. The molecular weight excluding hydrogens is 366 g/mol. The third-order valence-electron chi connectivity index (χ3n) is 4.57. The molecule has 2 aromatic rings. The number of nitrogens with one attached hydrogen (secondary N) is 1. The van der Waals surface area contributed by atoms with Crippen molar-refractivity contribution in [3.05, 3.63) is 30.9 Å². The molecule has 0 amide bonds. The van der Waals surface area contributed by atoms with Crippen molar-refractivity contribution in [1.82, 2.24) is 29.4 Å². The van der Waals surface area contributed by atoms with Gasteiger partial charge in [0.2, 0.25) is 16.0 Å². The van der Waals surface area contributed by atoms with Gasteiger partial charge in [0.1, 0.15) is 4.90 Å². The summed E-state index contributed by atoms with van der Waals surface area (Å²) in [7, 11) is -3.42. The van der Waals surface area contributed by atoms with Crippen molar-refractivity contribution in [1.29, 1.82) is 0 Å². The molecule has 148 valence electrons. The predicted octanol–water partition coefficient (Wildman–Crippen LogP) is 0.574. The smallest absolute Gasteiger partial charge is 0.243 e. The van der Waals surface area contributed by atoms with E-state index < -0.39 is 10.0 Å². The second kappa shape index (κ2) is 9.25. The molecule has 1 N–H and O–H groups in total. The topological polar surface area (TPSA) is 96.2 Å². The van der Waals surface area contributed by atoms with Crippen LogP contribution in [-0.2, 0) is 16.6 Å². The van der Waals surface area contributed by atoms with E-state index in [4.69, 9.17) is 0 Å². The number of piperazine rings is 1. The standard InChI is InChI=1S/C17H27N7O2S/c1-2-21-27(25,26)16-14-20-24(15-16)9-4-3-8-22-10-12-23(13-11-22)17-18-6-5-7-19-17/h5-7,14-15,21H,2-4,8-13H2,1H3. The molecule has 1 aliphatic rings. The number of sulfonamides is 1. The summed E-state index contributed by atoms with van der Waals surface area (Å²) in [6.45, 7) is 7.78. The minimum atomic E-state index is -3.42. The first kappa shape index (κ1) is 19.7. The van der Waals surface area contributed by atoms with Crippen LogP contribution in [0.2, 0.25) is 0 Å². The minimum absolute atomic E-state index is 0.226. The molecule has 9 nitrogen and oxygen atoms in total. The fraction of sp³-hybridized carbons (Fsp3) is 0.588. The van der Waals surface area contributed by atoms with Gasteiger partial charge in [-0.2, -0.15) is 5.10 Å². The van der Waals surface area contributed by atoms with E-state index in [1.807, 2.05) is 6.07 Å². The molecule has 3 heterocycles. The molecule has 27 heavy (non-hydrogen) atoms. The van der Waals surface area contributed by atoms with Gasteiger partial charge in [-0.1, -0.05) is 6.92 Å². The maximum absolute atomic E-state index is 11.9. The zero-order valence-corrected chi connectivity index (χ0v) is 16.5. The van der Waals surface area contributed by atoms with Gasteiger partial charge in [0.05, 0.1) is 6.20 Å². The van der Waals surface area contributed by atoms with Gasteiger partial charge in [0.15, 0.2) is 0 Å². The van der Waals surface area contributed by atoms with Crippen molar-refractivity contribution < 1.29 is 8.42 Å². The van der Waals surface area contributed by atoms with Gasteiger partial charge in [-0.05, 0) is 25.5 Å². The van der Waals surface area contributed by atoms with Gasteiger partial charge in [-0.3, -0.25) is 9.58 Å². The van der Waals surface area contributed by atoms with E-state index in [0.717, 1.165) is 58.1 Å². The maximum atomic E-state index is 11.9. The van der Waals surface area contributed by atoms with Crippen molar-refractivity contribution in [2.24, 2.45) is 0 Å². The van der Waals surface area contributed by atoms with Crippen LogP contribution in [0.3, 0.4) is 0 Å². The van der Waals surface area contributed by atoms with Crippen molar-refractivity contribution in [3.63, 3.8) is 0 Å². The number of nitrogens with zero attached hydrogens (tertiary/aromatic N) is 6. The summed E-state index contributed by atoms with van der Waals surface area (Å²) in [5.41, 5.74) is 0. The molecule has 0 bridgehead atoms. The van der Waals surface area contributed by atoms with Crippen LogP contribution in [0.5, 0.6) is 0 Å². The molecule has 3 rings (SSSR count). The van der Waals surface area contributed by atoms with Crippen molar-refractivity contribution in [2.75, 3.05) is 44.2 Å². The summed E-state index contributed by atoms with van der Waals surface area (Å²) in [5, 5.41) is 4.16. The molecule has 0 aliphatic carbocycles. The maximum Gasteiger partial charge on any atom is 0.243 e. The third kappa shape index (κ3) is 5.47. The monoisotopic (exact) mass is 393 g/mol. The number of unbranched alkanes of at least 4 members (excludes halogenated alkanes) is 1. The Hall–Kier alpha value is -2.04. The van der Waals surface area contributed by atoms with E-state index in [2.05, 4.69) is 29.6 Å². The molecule has 0 radical (unpaired) electrons. The molecule has 2 aromatic heterocycles. The number of hydrogen-bond acceptors (Lipinski definition) is 7. The Balaban J connectivity index is 1.36. The number of aryl methyl sites for hydroxylation is 1. The van der Waals surface area contributed by atoms with Gasteiger partial charge in [0, 0.05) is 57.9 Å². The van der Waals surface area contributed by atoms with Gasteiger partial charge < -0.3 is 4.90 Å². The highest BCUT2D eigenvalue weighted by atomic mass is 32.2. The van der Waals surface area contributed by atoms with E-state index in [1.54, 1.807) is 30.2 Å². The average Bonchev–Trinajstić information content (AvgIpc) is 3.16. The molecule has 1 aliphatic heterocycles. The van der Waals surface area contributed by atoms with E-state index >= 15 is 0 Å². The molecule has 0 atom stereocenters. The van der Waals surface area contributed by atoms with Crippen LogP contribution in [0, 0.1) is 0 Å². The molecule has 0 spiro atoms. The molecule has 0 saturated carbocycles. The lowest BCUT2D eigenvalue weighted by Crippen LogP contribution is -2.47. The van der Waals surface area contributed by atoms with E-state index in [0.29, 0.717) is 6.54 Å². The van der Waals surface area contributed by atoms with Crippen LogP contribution >= 0.6 is 0 Å². The summed E-state index contributed by atoms with van der Waals surface area (Å²) < 4.78 is 28.0. The Labute approximate surface area is 160 Å². The molecule has 1 fully saturated rings. The van der Waals surface area contributed by atoms with Crippen LogP contribution < -0.4 is 9.62 Å². The summed E-state index contributed by atoms with van der Waals surface area (Å²) >= 11 is 0. The normalized spacial score (nSPS) is 16.0. The lowest BCUT2D eigenvalue weighted by molar-refractivity contribution is 0.249. The zero-order valence-electron chi connectivity index (χ0n) is 15.7. The van der Waals surface area contributed by atoms with Crippen LogP contribution in [0.1, 0.15) is 19.8 Å². The highest BCUT2D eigenvalue weighted by Gasteiger charge is 2.18. The second-order valence-corrected chi connectivity index (χ2v) is 8.29. The fourth-order valence-corrected chi connectivity index (χ4v) is 4.11. The van der Waals surface area contributed by atoms with Gasteiger partial charge in [0.25, 0.3) is 0 Å². The van der Waals surface area contributed by atoms with Crippen LogP contribution in [0.25, 0.3) is 0 Å². The zero-order chi connectivity index (χ0) is 19.1. The Morgan fingerprint density at radius 2 is 1.78 bits per heavy atom. The van der Waals surface area contributed by atoms with Crippen molar-refractivity contribution in [2.45, 2.75) is 31.2 Å². The van der Waals surface area contributed by atoms with Crippen LogP contribution in [0.15, 0.2) is 35.7 Å². The lowest BCUT2D eigenvalue weighted by atomic mass is 10.2. The SMILES string of the molecule is CCNS(=O)(=O)c1cnn(CCCCN2CCN(c3ncccn3)CC2)c1. The Morgan fingerprint density at radius 1 is 1.07 bits per heavy atom. The summed E-state index contributed by atoms with van der Waals surface area (Å²) in [6, 6.07) is 1.83. The first-order valence-corrected chi connectivity index (χ1v) is 10.8. The average molecular weight is 394 g/mol. The summed E-state index contributed by atoms with van der Waals surface area (Å²) in [4.78, 5) is 13.5. The second-order valence-electron chi connectivity index (χ2n) is 6.53. The molecule has 10 heteroatoms. The van der Waals surface area contributed by atoms with Crippen LogP contribution in [0.4, 0.5) is 5.95 Å². The minimum Gasteiger partial charge on any atom is -0.338 e. The van der Waals surface area contributed by atoms with E-state index in [-0.39, 0.29) is 4.90 Å². The first-order chi connectivity index (χ1) is 13.1. The predicted molar refractivity (Wildman–Crippen MR) is 103 cm³/mol. The number of anilines is 1. The largest absolute Gasteiger partial charge is 0.338 e. The molecular formula is C17H27N7O2S. The highest BCUT2D eigenvalue weighted by molar-refractivity contribution is 7.89. The molecule has 1 saturated heterocycles. The van der Waals surface area contributed by atoms with Gasteiger partial charge >= 0.3 is 0 Å². The Kier molecular flexibility index (Phi) is 6.75. The summed E-state index contributed by atoms with van der Waals surface area (Å²) in [5.74, 6) is 0.805. The first-order valence-electron chi connectivity index (χ1n) is 9.35. The summed E-state index contributed by atoms with van der Waals surface area (Å²) in [6.07, 6.45) is 8.57. The Morgan fingerprint density at radius 3 is 2.48 bits per heavy atom. The molecule has 0 unspecified atom stereocenters. The lowest BCUT2D eigenvalue weighted by Gasteiger charge is -2.34. The highest BCUT2D eigenvalue weighted by Crippen LogP contribution is 2.11. The Bertz CT molecular complexity index is 802. The molecule has 0 aromatic carbocycles. The fourth-order valence-electron chi connectivity index (χ4n) is 3.11. The van der Waals surface area contributed by atoms with E-state index in [1.165, 1.54) is 6.20 Å². The van der Waals surface area contributed by atoms with Crippen molar-refractivity contribution >= 4 is 16.0 Å². The quantitative estimate of drug-likeness (QED) is 0.622. The van der Waals surface area contributed by atoms with Crippen molar-refractivity contribution in [3.8, 4) is 0 Å². The third-order valence-corrected chi connectivity index (χ3v) is 6.07. The van der Waals surface area contributed by atoms with E-state index in [9.17, 15) is 8.42 Å². The van der Waals surface area contributed by atoms with Crippen LogP contribution in [-0.4, -0.2) is 72.3 Å². The van der Waals surface area contributed by atoms with Gasteiger partial charge in [-0.15, -0.1) is 0 Å². The van der Waals surface area contributed by atoms with Gasteiger partial charge in [-0.25, -0.2) is 23.1 Å². The number of aromatic nitrogens is 4. The number of rotatable bonds is 9.